The molecule has 0 aliphatic heterocycles. The average Bonchev–Trinajstić information content (AvgIpc) is 2.66. The minimum Gasteiger partial charge on any atom is -0.332 e. The molecule has 0 radical (unpaired) electrons. The lowest BCUT2D eigenvalue weighted by Crippen LogP contribution is -2.32. The van der Waals surface area contributed by atoms with Crippen LogP contribution in [0.3, 0.4) is 0 Å². The summed E-state index contributed by atoms with van der Waals surface area (Å²) >= 11 is 11.0. The van der Waals surface area contributed by atoms with Gasteiger partial charge < -0.3 is 10.6 Å². The van der Waals surface area contributed by atoms with Gasteiger partial charge in [-0.25, -0.2) is 0 Å². The number of carbonyl (C=O) groups is 2. The maximum atomic E-state index is 12.0. The maximum Gasteiger partial charge on any atom is 0.250 e. The molecule has 2 amide bonds. The van der Waals surface area contributed by atoms with Gasteiger partial charge in [0.2, 0.25) is 11.8 Å². The number of nitrogens with one attached hydrogen (secondary N) is 3. The van der Waals surface area contributed by atoms with Gasteiger partial charge in [-0.2, -0.15) is 0 Å². The summed E-state index contributed by atoms with van der Waals surface area (Å²) in [6.07, 6.45) is 5.36. The number of thiocarbonyl (C=S) groups is 1. The molecular weight excluding hydrogens is 394 g/mol. The Morgan fingerprint density at radius 1 is 1.07 bits per heavy atom. The molecule has 0 aliphatic rings. The van der Waals surface area contributed by atoms with Crippen molar-refractivity contribution in [3.05, 3.63) is 65.2 Å². The largest absolute Gasteiger partial charge is 0.332 e. The first-order chi connectivity index (χ1) is 13.5. The molecule has 0 atom stereocenters. The van der Waals surface area contributed by atoms with E-state index in [1.54, 1.807) is 42.5 Å². The zero-order chi connectivity index (χ0) is 20.4. The first-order valence-electron chi connectivity index (χ1n) is 8.92. The summed E-state index contributed by atoms with van der Waals surface area (Å²) < 4.78 is 0. The Balaban J connectivity index is 1.86. The molecule has 28 heavy (non-hydrogen) atoms. The number of hydrogen-bond donors (Lipinski definition) is 3. The van der Waals surface area contributed by atoms with Gasteiger partial charge in [-0.05, 0) is 60.6 Å². The monoisotopic (exact) mass is 415 g/mol. The van der Waals surface area contributed by atoms with E-state index < -0.39 is 0 Å². The van der Waals surface area contributed by atoms with E-state index in [2.05, 4.69) is 16.0 Å². The average molecular weight is 416 g/mol. The fraction of sp³-hybridized carbons (Fsp3) is 0.190. The molecule has 0 aromatic heterocycles. The molecule has 0 unspecified atom stereocenters. The lowest BCUT2D eigenvalue weighted by molar-refractivity contribution is -0.116. The second-order valence-electron chi connectivity index (χ2n) is 6.06. The third-order valence-electron chi connectivity index (χ3n) is 3.70. The molecule has 2 aromatic carbocycles. The summed E-state index contributed by atoms with van der Waals surface area (Å²) in [6.45, 7) is 2.04. The number of unbranched alkanes of at least 4 members (excludes halogenated alkanes) is 1. The SMILES string of the molecule is CCCCC(=O)Nc1cccc(NC(=S)NC(=O)C=Cc2ccc(Cl)cc2)c1. The quantitative estimate of drug-likeness (QED) is 0.440. The highest BCUT2D eigenvalue weighted by Crippen LogP contribution is 2.16. The maximum absolute atomic E-state index is 12.0. The van der Waals surface area contributed by atoms with Crippen LogP contribution >= 0.6 is 23.8 Å². The summed E-state index contributed by atoms with van der Waals surface area (Å²) in [5.74, 6) is -0.376. The molecule has 0 aliphatic carbocycles. The first-order valence-corrected chi connectivity index (χ1v) is 9.70. The van der Waals surface area contributed by atoms with E-state index in [4.69, 9.17) is 23.8 Å². The van der Waals surface area contributed by atoms with Crippen molar-refractivity contribution in [3.8, 4) is 0 Å². The Morgan fingerprint density at radius 2 is 1.75 bits per heavy atom. The molecule has 2 rings (SSSR count). The van der Waals surface area contributed by atoms with Gasteiger partial charge in [-0.15, -0.1) is 0 Å². The Morgan fingerprint density at radius 3 is 2.43 bits per heavy atom. The van der Waals surface area contributed by atoms with Crippen LogP contribution in [0, 0.1) is 0 Å². The van der Waals surface area contributed by atoms with Gasteiger partial charge in [0.05, 0.1) is 0 Å². The predicted molar refractivity (Wildman–Crippen MR) is 119 cm³/mol. The zero-order valence-electron chi connectivity index (χ0n) is 15.5. The van der Waals surface area contributed by atoms with Crippen molar-refractivity contribution in [3.63, 3.8) is 0 Å². The Bertz CT molecular complexity index is 866. The highest BCUT2D eigenvalue weighted by molar-refractivity contribution is 7.80. The summed E-state index contributed by atoms with van der Waals surface area (Å²) in [7, 11) is 0. The third-order valence-corrected chi connectivity index (χ3v) is 4.15. The summed E-state index contributed by atoms with van der Waals surface area (Å²) in [5.41, 5.74) is 2.19. The Hall–Kier alpha value is -2.70. The van der Waals surface area contributed by atoms with E-state index in [1.165, 1.54) is 6.08 Å². The fourth-order valence-corrected chi connectivity index (χ4v) is 2.64. The topological polar surface area (TPSA) is 70.2 Å². The number of halogens is 1. The predicted octanol–water partition coefficient (Wildman–Crippen LogP) is 5.00. The molecule has 0 saturated heterocycles. The minimum atomic E-state index is -0.350. The molecule has 7 heteroatoms. The summed E-state index contributed by atoms with van der Waals surface area (Å²) in [5, 5.41) is 9.16. The van der Waals surface area contributed by atoms with E-state index in [9.17, 15) is 9.59 Å². The van der Waals surface area contributed by atoms with Crippen LogP contribution in [0.4, 0.5) is 11.4 Å². The van der Waals surface area contributed by atoms with E-state index in [0.717, 1.165) is 18.4 Å². The number of rotatable bonds is 7. The van der Waals surface area contributed by atoms with E-state index in [0.29, 0.717) is 22.8 Å². The van der Waals surface area contributed by atoms with Crippen LogP contribution in [0.2, 0.25) is 5.02 Å². The molecular formula is C21H22ClN3O2S. The molecule has 0 bridgehead atoms. The molecule has 0 saturated carbocycles. The lowest BCUT2D eigenvalue weighted by Gasteiger charge is -2.10. The van der Waals surface area contributed by atoms with Crippen LogP contribution in [-0.4, -0.2) is 16.9 Å². The van der Waals surface area contributed by atoms with Gasteiger partial charge in [-0.3, -0.25) is 14.9 Å². The van der Waals surface area contributed by atoms with Gasteiger partial charge in [0.1, 0.15) is 0 Å². The second-order valence-corrected chi connectivity index (χ2v) is 6.91. The molecule has 0 spiro atoms. The van der Waals surface area contributed by atoms with Crippen LogP contribution in [0.1, 0.15) is 31.7 Å². The summed E-state index contributed by atoms with van der Waals surface area (Å²) in [4.78, 5) is 23.8. The van der Waals surface area contributed by atoms with Gasteiger partial charge in [0.15, 0.2) is 5.11 Å². The van der Waals surface area contributed by atoms with Crippen LogP contribution < -0.4 is 16.0 Å². The van der Waals surface area contributed by atoms with Crippen molar-refractivity contribution in [2.45, 2.75) is 26.2 Å². The normalized spacial score (nSPS) is 10.5. The fourth-order valence-electron chi connectivity index (χ4n) is 2.30. The number of carbonyl (C=O) groups excluding carboxylic acids is 2. The summed E-state index contributed by atoms with van der Waals surface area (Å²) in [6, 6.07) is 14.3. The number of amides is 2. The molecule has 5 nitrogen and oxygen atoms in total. The van der Waals surface area contributed by atoms with E-state index in [-0.39, 0.29) is 16.9 Å². The van der Waals surface area contributed by atoms with Gasteiger partial charge in [0, 0.05) is 28.9 Å². The molecule has 2 aromatic rings. The Kier molecular flexibility index (Phi) is 8.65. The number of hydrogen-bond acceptors (Lipinski definition) is 3. The van der Waals surface area contributed by atoms with E-state index in [1.807, 2.05) is 19.1 Å². The molecule has 0 fully saturated rings. The standard InChI is InChI=1S/C21H22ClN3O2S/c1-2-3-7-19(26)23-17-5-4-6-18(14-17)24-21(28)25-20(27)13-10-15-8-11-16(22)12-9-15/h4-6,8-14H,2-3,7H2,1H3,(H,23,26)(H2,24,25,27,28). The van der Waals surface area contributed by atoms with Crippen LogP contribution in [-0.2, 0) is 9.59 Å². The third kappa shape index (κ3) is 7.90. The van der Waals surface area contributed by atoms with Crippen molar-refractivity contribution < 1.29 is 9.59 Å². The van der Waals surface area contributed by atoms with E-state index >= 15 is 0 Å². The molecule has 0 heterocycles. The first kappa shape index (κ1) is 21.6. The number of benzene rings is 2. The van der Waals surface area contributed by atoms with Gasteiger partial charge >= 0.3 is 0 Å². The van der Waals surface area contributed by atoms with Gasteiger partial charge in [-0.1, -0.05) is 43.1 Å². The van der Waals surface area contributed by atoms with Crippen molar-refractivity contribution in [2.24, 2.45) is 0 Å². The highest BCUT2D eigenvalue weighted by atomic mass is 35.5. The van der Waals surface area contributed by atoms with Crippen molar-refractivity contribution in [2.75, 3.05) is 10.6 Å². The molecule has 146 valence electrons. The van der Waals surface area contributed by atoms with Crippen molar-refractivity contribution in [1.82, 2.24) is 5.32 Å². The Labute approximate surface area is 175 Å². The van der Waals surface area contributed by atoms with Crippen molar-refractivity contribution in [1.29, 1.82) is 0 Å². The smallest absolute Gasteiger partial charge is 0.250 e. The zero-order valence-corrected chi connectivity index (χ0v) is 17.1. The number of anilines is 2. The highest BCUT2D eigenvalue weighted by Gasteiger charge is 2.05. The van der Waals surface area contributed by atoms with Crippen LogP contribution in [0.25, 0.3) is 6.08 Å². The molecule has 3 N–H and O–H groups in total. The second kappa shape index (κ2) is 11.2. The van der Waals surface area contributed by atoms with Crippen LogP contribution in [0.15, 0.2) is 54.6 Å². The van der Waals surface area contributed by atoms with Crippen molar-refractivity contribution >= 4 is 58.2 Å². The lowest BCUT2D eigenvalue weighted by atomic mass is 10.2. The van der Waals surface area contributed by atoms with Gasteiger partial charge in [0.25, 0.3) is 0 Å². The van der Waals surface area contributed by atoms with Crippen LogP contribution in [0.5, 0.6) is 0 Å². The minimum absolute atomic E-state index is 0.0257.